The van der Waals surface area contributed by atoms with Crippen LogP contribution in [-0.2, 0) is 6.54 Å². The van der Waals surface area contributed by atoms with Crippen molar-refractivity contribution in [3.63, 3.8) is 0 Å². The van der Waals surface area contributed by atoms with Gasteiger partial charge in [0.05, 0.1) is 29.1 Å². The largest absolute Gasteiger partial charge is 0.367 e. The number of carbonyl (C=O) groups is 1. The van der Waals surface area contributed by atoms with Crippen molar-refractivity contribution >= 4 is 39.6 Å². The lowest BCUT2D eigenvalue weighted by Crippen LogP contribution is -2.19. The first-order chi connectivity index (χ1) is 14.2. The van der Waals surface area contributed by atoms with Gasteiger partial charge >= 0.3 is 0 Å². The summed E-state index contributed by atoms with van der Waals surface area (Å²) in [6.45, 7) is 1.44. The maximum absolute atomic E-state index is 12.4. The molecule has 0 aliphatic rings. The van der Waals surface area contributed by atoms with Crippen molar-refractivity contribution in [3.05, 3.63) is 60.8 Å². The number of amides is 1. The Labute approximate surface area is 165 Å². The fourth-order valence-corrected chi connectivity index (χ4v) is 3.40. The molecule has 9 nitrogen and oxygen atoms in total. The molecule has 1 amide bonds. The van der Waals surface area contributed by atoms with Crippen LogP contribution in [0, 0.1) is 0 Å². The van der Waals surface area contributed by atoms with E-state index in [1.54, 1.807) is 31.8 Å². The minimum Gasteiger partial charge on any atom is -0.367 e. The summed E-state index contributed by atoms with van der Waals surface area (Å²) >= 11 is 0. The molecule has 0 saturated carbocycles. The number of nitrogens with one attached hydrogen (secondary N) is 2. The lowest BCUT2D eigenvalue weighted by atomic mass is 10.2. The van der Waals surface area contributed by atoms with Crippen molar-refractivity contribution in [3.8, 4) is 0 Å². The van der Waals surface area contributed by atoms with Crippen LogP contribution in [0.4, 0.5) is 5.82 Å². The smallest absolute Gasteiger partial charge is 0.254 e. The average Bonchev–Trinajstić information content (AvgIpc) is 3.40. The van der Waals surface area contributed by atoms with Gasteiger partial charge in [-0.05, 0) is 18.2 Å². The van der Waals surface area contributed by atoms with Gasteiger partial charge in [0.2, 0.25) is 0 Å². The Bertz CT molecular complexity index is 1340. The number of anilines is 1. The predicted molar refractivity (Wildman–Crippen MR) is 110 cm³/mol. The second-order valence-electron chi connectivity index (χ2n) is 6.59. The van der Waals surface area contributed by atoms with E-state index >= 15 is 0 Å². The van der Waals surface area contributed by atoms with Crippen LogP contribution in [0.25, 0.3) is 27.8 Å². The van der Waals surface area contributed by atoms with Gasteiger partial charge < -0.3 is 15.2 Å². The van der Waals surface area contributed by atoms with Crippen molar-refractivity contribution < 1.29 is 4.79 Å². The maximum atomic E-state index is 12.4. The summed E-state index contributed by atoms with van der Waals surface area (Å²) in [6.07, 6.45) is 7.11. The summed E-state index contributed by atoms with van der Waals surface area (Å²) in [5.41, 5.74) is 3.97. The van der Waals surface area contributed by atoms with E-state index in [0.29, 0.717) is 34.7 Å². The van der Waals surface area contributed by atoms with E-state index in [9.17, 15) is 4.79 Å². The lowest BCUT2D eigenvalue weighted by molar-refractivity contribution is 0.0964. The number of carbonyl (C=O) groups excluding carboxylic acids is 1. The van der Waals surface area contributed by atoms with E-state index in [-0.39, 0.29) is 5.91 Å². The van der Waals surface area contributed by atoms with E-state index in [4.69, 9.17) is 4.98 Å². The van der Waals surface area contributed by atoms with Crippen molar-refractivity contribution in [2.75, 3.05) is 18.9 Å². The molecule has 0 radical (unpaired) electrons. The molecule has 0 aliphatic carbocycles. The third-order valence-electron chi connectivity index (χ3n) is 4.78. The van der Waals surface area contributed by atoms with Gasteiger partial charge in [-0.25, -0.2) is 19.9 Å². The Morgan fingerprint density at radius 3 is 2.86 bits per heavy atom. The summed E-state index contributed by atoms with van der Waals surface area (Å²) in [6, 6.07) is 9.48. The summed E-state index contributed by atoms with van der Waals surface area (Å²) in [7, 11) is 1.60. The van der Waals surface area contributed by atoms with Crippen LogP contribution in [0.1, 0.15) is 10.4 Å². The quantitative estimate of drug-likeness (QED) is 0.480. The lowest BCUT2D eigenvalue weighted by Gasteiger charge is -2.10. The highest BCUT2D eigenvalue weighted by molar-refractivity contribution is 6.04. The predicted octanol–water partition coefficient (Wildman–Crippen LogP) is 2.10. The topological polar surface area (TPSA) is 102 Å². The third-order valence-corrected chi connectivity index (χ3v) is 4.78. The van der Waals surface area contributed by atoms with Crippen LogP contribution in [-0.4, -0.2) is 48.4 Å². The molecule has 29 heavy (non-hydrogen) atoms. The second-order valence-corrected chi connectivity index (χ2v) is 6.59. The van der Waals surface area contributed by atoms with Crippen molar-refractivity contribution in [2.24, 2.45) is 0 Å². The molecule has 5 aromatic rings. The van der Waals surface area contributed by atoms with Gasteiger partial charge in [0, 0.05) is 32.5 Å². The van der Waals surface area contributed by atoms with Crippen LogP contribution >= 0.6 is 0 Å². The number of aromatic nitrogens is 6. The summed E-state index contributed by atoms with van der Waals surface area (Å²) in [5.74, 6) is 0.445. The molecule has 0 fully saturated rings. The Morgan fingerprint density at radius 1 is 1.14 bits per heavy atom. The number of pyridine rings is 1. The molecule has 0 unspecified atom stereocenters. The Kier molecular flexibility index (Phi) is 4.05. The summed E-state index contributed by atoms with van der Waals surface area (Å²) in [5, 5.41) is 5.97. The number of para-hydroxylation sites is 2. The number of hydrogen-bond donors (Lipinski definition) is 2. The molecule has 0 bridgehead atoms. The van der Waals surface area contributed by atoms with Crippen LogP contribution in [0.3, 0.4) is 0 Å². The average molecular weight is 386 g/mol. The van der Waals surface area contributed by atoms with E-state index in [1.807, 2.05) is 39.4 Å². The maximum Gasteiger partial charge on any atom is 0.254 e. The summed E-state index contributed by atoms with van der Waals surface area (Å²) < 4.78 is 3.88. The first-order valence-corrected chi connectivity index (χ1v) is 9.23. The number of imidazole rings is 2. The van der Waals surface area contributed by atoms with Gasteiger partial charge in [0.1, 0.15) is 11.3 Å². The van der Waals surface area contributed by atoms with Gasteiger partial charge in [0.25, 0.3) is 5.91 Å². The SMILES string of the molecule is CNC(=O)c1cc2ncc(NCCn3ccnc3)nc2n2c1nc1ccccc12. The molecule has 0 atom stereocenters. The number of hydrogen-bond acceptors (Lipinski definition) is 6. The zero-order valence-corrected chi connectivity index (χ0v) is 15.7. The Balaban J connectivity index is 1.64. The van der Waals surface area contributed by atoms with E-state index in [0.717, 1.165) is 17.6 Å². The summed E-state index contributed by atoms with van der Waals surface area (Å²) in [4.78, 5) is 30.4. The zero-order chi connectivity index (χ0) is 19.8. The number of fused-ring (bicyclic) bond motifs is 5. The zero-order valence-electron chi connectivity index (χ0n) is 15.7. The van der Waals surface area contributed by atoms with E-state index < -0.39 is 0 Å². The molecule has 9 heteroatoms. The van der Waals surface area contributed by atoms with Crippen molar-refractivity contribution in [1.82, 2.24) is 34.2 Å². The molecule has 2 N–H and O–H groups in total. The molecular weight excluding hydrogens is 368 g/mol. The van der Waals surface area contributed by atoms with Crippen LogP contribution in [0.5, 0.6) is 0 Å². The number of benzene rings is 1. The fourth-order valence-electron chi connectivity index (χ4n) is 3.40. The highest BCUT2D eigenvalue weighted by Gasteiger charge is 2.18. The normalized spacial score (nSPS) is 11.3. The van der Waals surface area contributed by atoms with Gasteiger partial charge in [-0.2, -0.15) is 0 Å². The first-order valence-electron chi connectivity index (χ1n) is 9.23. The second kappa shape index (κ2) is 6.86. The van der Waals surface area contributed by atoms with Crippen molar-refractivity contribution in [1.29, 1.82) is 0 Å². The monoisotopic (exact) mass is 386 g/mol. The third kappa shape index (κ3) is 2.92. The minimum absolute atomic E-state index is 0.212. The van der Waals surface area contributed by atoms with Crippen LogP contribution in [0.2, 0.25) is 0 Å². The van der Waals surface area contributed by atoms with E-state index in [1.165, 1.54) is 0 Å². The van der Waals surface area contributed by atoms with Gasteiger partial charge in [-0.15, -0.1) is 0 Å². The number of rotatable bonds is 5. The molecule has 144 valence electrons. The van der Waals surface area contributed by atoms with Gasteiger partial charge in [-0.3, -0.25) is 9.20 Å². The van der Waals surface area contributed by atoms with Crippen molar-refractivity contribution in [2.45, 2.75) is 6.54 Å². The minimum atomic E-state index is -0.212. The molecular formula is C20H18N8O. The van der Waals surface area contributed by atoms with Gasteiger partial charge in [0.15, 0.2) is 11.3 Å². The Hall–Kier alpha value is -4.01. The Morgan fingerprint density at radius 2 is 2.03 bits per heavy atom. The fraction of sp³-hybridized carbons (Fsp3) is 0.150. The number of nitrogens with zero attached hydrogens (tertiary/aromatic N) is 6. The van der Waals surface area contributed by atoms with Crippen LogP contribution in [0.15, 0.2) is 55.2 Å². The molecule has 0 saturated heterocycles. The molecule has 0 spiro atoms. The highest BCUT2D eigenvalue weighted by Crippen LogP contribution is 2.25. The van der Waals surface area contributed by atoms with Crippen LogP contribution < -0.4 is 10.6 Å². The highest BCUT2D eigenvalue weighted by atomic mass is 16.1. The van der Waals surface area contributed by atoms with Gasteiger partial charge in [-0.1, -0.05) is 12.1 Å². The standard InChI is InChI=1S/C20H18N8O/c1-21-20(29)13-10-15-19(28-16-5-3-2-4-14(16)25-18(13)28)26-17(11-24-15)23-7-9-27-8-6-22-12-27/h2-6,8,10-12H,7,9H2,1H3,(H,21,29)(H,23,26). The molecule has 4 heterocycles. The first kappa shape index (κ1) is 17.1. The molecule has 0 aliphatic heterocycles. The molecule has 5 rings (SSSR count). The molecule has 4 aromatic heterocycles. The molecule has 1 aromatic carbocycles. The van der Waals surface area contributed by atoms with E-state index in [2.05, 4.69) is 25.6 Å².